The van der Waals surface area contributed by atoms with Crippen LogP contribution in [0.5, 0.6) is 0 Å². The summed E-state index contributed by atoms with van der Waals surface area (Å²) in [5.74, 6) is -0.731. The molecule has 1 fully saturated rings. The first-order valence-electron chi connectivity index (χ1n) is 8.21. The highest BCUT2D eigenvalue weighted by Crippen LogP contribution is 2.43. The molecule has 2 aliphatic rings. The second kappa shape index (κ2) is 6.09. The van der Waals surface area contributed by atoms with Gasteiger partial charge in [0.25, 0.3) is 0 Å². The van der Waals surface area contributed by atoms with Crippen molar-refractivity contribution in [3.05, 3.63) is 33.4 Å². The Balaban J connectivity index is 1.96. The Morgan fingerprint density at radius 3 is 2.72 bits per heavy atom. The quantitative estimate of drug-likeness (QED) is 0.822. The average molecular weight is 370 g/mol. The van der Waals surface area contributed by atoms with E-state index in [0.717, 1.165) is 5.57 Å². The SMILES string of the molecule is CC(C)(C)OCC1=C[C@@H](n2cc(Cl)c(N)nc2=O)[C@@H]2OC(C)(C)O[C@H]12. The molecule has 2 N–H and O–H groups in total. The number of nitrogens with zero attached hydrogens (tertiary/aromatic N) is 2. The fourth-order valence-electron chi connectivity index (χ4n) is 3.07. The molecule has 8 heteroatoms. The minimum atomic E-state index is -0.747. The van der Waals surface area contributed by atoms with Crippen LogP contribution in [0.2, 0.25) is 5.02 Å². The molecule has 7 nitrogen and oxygen atoms in total. The predicted octanol–water partition coefficient (Wildman–Crippen LogP) is 2.30. The standard InChI is InChI=1S/C17H24ClN3O4/c1-16(2,3)23-8-9-6-11(13-12(9)24-17(4,5)25-13)21-7-10(18)14(19)20-15(21)22/h6-7,11-13H,8H2,1-5H3,(H2,19,20,22)/t11-,12-,13+/m1/s1. The Hall–Kier alpha value is -1.41. The van der Waals surface area contributed by atoms with E-state index >= 15 is 0 Å². The molecule has 3 rings (SSSR count). The maximum absolute atomic E-state index is 12.3. The van der Waals surface area contributed by atoms with Gasteiger partial charge in [0.15, 0.2) is 5.79 Å². The van der Waals surface area contributed by atoms with Crippen LogP contribution in [0.3, 0.4) is 0 Å². The molecule has 1 aromatic rings. The normalized spacial score (nSPS) is 28.1. The van der Waals surface area contributed by atoms with Gasteiger partial charge in [-0.2, -0.15) is 4.98 Å². The van der Waals surface area contributed by atoms with E-state index in [1.54, 1.807) is 0 Å². The summed E-state index contributed by atoms with van der Waals surface area (Å²) in [6.07, 6.45) is 2.79. The van der Waals surface area contributed by atoms with Gasteiger partial charge in [0.1, 0.15) is 18.0 Å². The van der Waals surface area contributed by atoms with Gasteiger partial charge in [-0.25, -0.2) is 4.79 Å². The smallest absolute Gasteiger partial charge is 0.350 e. The van der Waals surface area contributed by atoms with Gasteiger partial charge in [0, 0.05) is 6.20 Å². The molecule has 1 saturated heterocycles. The molecule has 138 valence electrons. The lowest BCUT2D eigenvalue weighted by Crippen LogP contribution is -2.35. The molecular formula is C17H24ClN3O4. The Kier molecular flexibility index (Phi) is 4.48. The van der Waals surface area contributed by atoms with Gasteiger partial charge in [0.2, 0.25) is 0 Å². The molecule has 0 amide bonds. The van der Waals surface area contributed by atoms with Crippen LogP contribution in [0.25, 0.3) is 0 Å². The van der Waals surface area contributed by atoms with Gasteiger partial charge in [-0.1, -0.05) is 17.7 Å². The second-order valence-corrected chi connectivity index (χ2v) is 8.23. The Labute approximate surface area is 151 Å². The van der Waals surface area contributed by atoms with Crippen LogP contribution < -0.4 is 11.4 Å². The number of aromatic nitrogens is 2. The van der Waals surface area contributed by atoms with Crippen molar-refractivity contribution in [3.63, 3.8) is 0 Å². The van der Waals surface area contributed by atoms with E-state index in [1.165, 1.54) is 10.8 Å². The second-order valence-electron chi connectivity index (χ2n) is 7.82. The summed E-state index contributed by atoms with van der Waals surface area (Å²) in [4.78, 5) is 16.1. The van der Waals surface area contributed by atoms with Crippen molar-refractivity contribution in [2.24, 2.45) is 0 Å². The molecule has 1 aromatic heterocycles. The van der Waals surface area contributed by atoms with Crippen molar-refractivity contribution in [2.75, 3.05) is 12.3 Å². The largest absolute Gasteiger partial charge is 0.382 e. The lowest BCUT2D eigenvalue weighted by molar-refractivity contribution is -0.148. The summed E-state index contributed by atoms with van der Waals surface area (Å²) in [6.45, 7) is 10.1. The topological polar surface area (TPSA) is 88.6 Å². The summed E-state index contributed by atoms with van der Waals surface area (Å²) in [5, 5.41) is 0.224. The third-order valence-electron chi connectivity index (χ3n) is 4.14. The van der Waals surface area contributed by atoms with Gasteiger partial charge < -0.3 is 19.9 Å². The number of hydrogen-bond donors (Lipinski definition) is 1. The van der Waals surface area contributed by atoms with E-state index in [-0.39, 0.29) is 34.7 Å². The molecule has 0 spiro atoms. The van der Waals surface area contributed by atoms with Crippen molar-refractivity contribution in [3.8, 4) is 0 Å². The molecule has 0 bridgehead atoms. The zero-order valence-electron chi connectivity index (χ0n) is 15.1. The van der Waals surface area contributed by atoms with Crippen molar-refractivity contribution in [1.29, 1.82) is 0 Å². The number of fused-ring (bicyclic) bond motifs is 1. The summed E-state index contributed by atoms with van der Waals surface area (Å²) < 4.78 is 19.4. The predicted molar refractivity (Wildman–Crippen MR) is 94.6 cm³/mol. The third-order valence-corrected chi connectivity index (χ3v) is 4.43. The molecule has 25 heavy (non-hydrogen) atoms. The summed E-state index contributed by atoms with van der Waals surface area (Å²) in [5.41, 5.74) is 5.79. The van der Waals surface area contributed by atoms with Gasteiger partial charge >= 0.3 is 5.69 Å². The molecule has 0 radical (unpaired) electrons. The highest BCUT2D eigenvalue weighted by Gasteiger charge is 2.51. The molecule has 0 aromatic carbocycles. The molecule has 3 atom stereocenters. The number of halogens is 1. The van der Waals surface area contributed by atoms with Gasteiger partial charge in [0.05, 0.1) is 23.3 Å². The third kappa shape index (κ3) is 3.74. The van der Waals surface area contributed by atoms with Crippen molar-refractivity contribution < 1.29 is 14.2 Å². The van der Waals surface area contributed by atoms with E-state index in [4.69, 9.17) is 31.5 Å². The van der Waals surface area contributed by atoms with Gasteiger partial charge in [-0.15, -0.1) is 0 Å². The Morgan fingerprint density at radius 1 is 1.40 bits per heavy atom. The van der Waals surface area contributed by atoms with Crippen LogP contribution >= 0.6 is 11.6 Å². The minimum absolute atomic E-state index is 0.0154. The first-order chi connectivity index (χ1) is 11.5. The van der Waals surface area contributed by atoms with E-state index in [9.17, 15) is 4.79 Å². The zero-order valence-corrected chi connectivity index (χ0v) is 15.8. The van der Waals surface area contributed by atoms with E-state index < -0.39 is 11.5 Å². The fraction of sp³-hybridized carbons (Fsp3) is 0.647. The average Bonchev–Trinajstić information content (AvgIpc) is 2.93. The van der Waals surface area contributed by atoms with Gasteiger partial charge in [-0.05, 0) is 40.2 Å². The first kappa shape index (κ1) is 18.4. The fourth-order valence-corrected chi connectivity index (χ4v) is 3.22. The van der Waals surface area contributed by atoms with Crippen LogP contribution in [0.4, 0.5) is 5.82 Å². The number of rotatable bonds is 3. The van der Waals surface area contributed by atoms with E-state index in [0.29, 0.717) is 6.61 Å². The molecular weight excluding hydrogens is 346 g/mol. The van der Waals surface area contributed by atoms with E-state index in [2.05, 4.69) is 4.98 Å². The molecule has 1 aliphatic heterocycles. The van der Waals surface area contributed by atoms with Crippen LogP contribution in [0.15, 0.2) is 22.6 Å². The number of ether oxygens (including phenoxy) is 3. The van der Waals surface area contributed by atoms with Crippen LogP contribution in [-0.2, 0) is 14.2 Å². The maximum Gasteiger partial charge on any atom is 0.350 e. The molecule has 2 heterocycles. The van der Waals surface area contributed by atoms with Crippen LogP contribution in [0, 0.1) is 0 Å². The molecule has 0 unspecified atom stereocenters. The van der Waals surface area contributed by atoms with E-state index in [1.807, 2.05) is 40.7 Å². The van der Waals surface area contributed by atoms with Crippen molar-refractivity contribution >= 4 is 17.4 Å². The monoisotopic (exact) mass is 369 g/mol. The number of nitrogen functional groups attached to an aromatic ring is 1. The van der Waals surface area contributed by atoms with Crippen LogP contribution in [-0.4, -0.2) is 39.8 Å². The lowest BCUT2D eigenvalue weighted by atomic mass is 10.1. The maximum atomic E-state index is 12.3. The Bertz CT molecular complexity index is 766. The summed E-state index contributed by atoms with van der Waals surface area (Å²) >= 11 is 6.06. The number of anilines is 1. The highest BCUT2D eigenvalue weighted by molar-refractivity contribution is 6.32. The number of hydrogen-bond acceptors (Lipinski definition) is 6. The van der Waals surface area contributed by atoms with Crippen LogP contribution in [0.1, 0.15) is 40.7 Å². The summed E-state index contributed by atoms with van der Waals surface area (Å²) in [7, 11) is 0. The first-order valence-corrected chi connectivity index (χ1v) is 8.59. The highest BCUT2D eigenvalue weighted by atomic mass is 35.5. The lowest BCUT2D eigenvalue weighted by Gasteiger charge is -2.23. The van der Waals surface area contributed by atoms with Crippen molar-refractivity contribution in [2.45, 2.75) is 64.3 Å². The Morgan fingerprint density at radius 2 is 2.08 bits per heavy atom. The zero-order chi connectivity index (χ0) is 18.6. The summed E-state index contributed by atoms with van der Waals surface area (Å²) in [6, 6.07) is -0.386. The number of nitrogens with two attached hydrogens (primary N) is 1. The minimum Gasteiger partial charge on any atom is -0.382 e. The van der Waals surface area contributed by atoms with Gasteiger partial charge in [-0.3, -0.25) is 4.57 Å². The molecule has 1 aliphatic carbocycles. The van der Waals surface area contributed by atoms with Crippen molar-refractivity contribution in [1.82, 2.24) is 9.55 Å². The molecule has 0 saturated carbocycles.